The van der Waals surface area contributed by atoms with Crippen molar-refractivity contribution in [3.8, 4) is 0 Å². The van der Waals surface area contributed by atoms with Gasteiger partial charge in [-0.1, -0.05) is 28.1 Å². The maximum atomic E-state index is 13.3. The van der Waals surface area contributed by atoms with E-state index in [1.165, 1.54) is 23.6 Å². The predicted molar refractivity (Wildman–Crippen MR) is 160 cm³/mol. The van der Waals surface area contributed by atoms with Gasteiger partial charge < -0.3 is 36.0 Å². The molecular weight excluding hydrogens is 636 g/mol. The Hall–Kier alpha value is -4.19. The summed E-state index contributed by atoms with van der Waals surface area (Å²) in [4.78, 5) is 60.4. The third kappa shape index (κ3) is 5.25. The number of carboxylic acids is 2. The first kappa shape index (κ1) is 29.9. The van der Waals surface area contributed by atoms with E-state index in [4.69, 9.17) is 27.3 Å². The molecule has 0 saturated carbocycles. The Balaban J connectivity index is 1.23. The summed E-state index contributed by atoms with van der Waals surface area (Å²) in [6.07, 6.45) is 2.50. The van der Waals surface area contributed by atoms with Gasteiger partial charge >= 0.3 is 11.9 Å². The number of hydrogen-bond acceptors (Lipinski definition) is 11. The lowest BCUT2D eigenvalue weighted by Crippen LogP contribution is -2.71. The van der Waals surface area contributed by atoms with E-state index in [1.54, 1.807) is 0 Å². The van der Waals surface area contributed by atoms with Gasteiger partial charge in [0.25, 0.3) is 11.8 Å². The summed E-state index contributed by atoms with van der Waals surface area (Å²) in [6.45, 7) is 3.23. The molecule has 18 heteroatoms. The number of anilines is 1. The van der Waals surface area contributed by atoms with E-state index in [-0.39, 0.29) is 27.4 Å². The first-order chi connectivity index (χ1) is 21.0. The molecule has 2 amide bonds. The van der Waals surface area contributed by atoms with Gasteiger partial charge in [-0.25, -0.2) is 14.6 Å². The van der Waals surface area contributed by atoms with E-state index in [0.717, 1.165) is 35.5 Å². The number of nitrogens with one attached hydrogen (secondary N) is 2. The second kappa shape index (κ2) is 11.7. The Bertz CT molecular complexity index is 1770. The van der Waals surface area contributed by atoms with Crippen LogP contribution in [0, 0.1) is 0 Å². The molecule has 44 heavy (non-hydrogen) atoms. The lowest BCUT2D eigenvalue weighted by Gasteiger charge is -2.49. The van der Waals surface area contributed by atoms with Crippen molar-refractivity contribution in [1.82, 2.24) is 25.1 Å². The van der Waals surface area contributed by atoms with Crippen LogP contribution in [0.2, 0.25) is 4.34 Å². The Morgan fingerprint density at radius 2 is 2.11 bits per heavy atom. The first-order valence-electron chi connectivity index (χ1n) is 13.3. The number of hydrogen-bond donors (Lipinski definition) is 5. The number of rotatable bonds is 10. The number of thiazole rings is 1. The van der Waals surface area contributed by atoms with Gasteiger partial charge in [0.1, 0.15) is 32.7 Å². The van der Waals surface area contributed by atoms with Gasteiger partial charge in [-0.3, -0.25) is 14.5 Å². The second-order valence-electron chi connectivity index (χ2n) is 10.3. The number of nitrogens with two attached hydrogens (primary N) is 1. The van der Waals surface area contributed by atoms with Crippen LogP contribution in [-0.4, -0.2) is 90.5 Å². The van der Waals surface area contributed by atoms with Crippen LogP contribution in [-0.2, 0) is 30.6 Å². The molecule has 3 aliphatic heterocycles. The maximum absolute atomic E-state index is 13.3. The SMILES string of the molecule is C[C@H](ON=C(C(=O)NC1C(=O)N2C(C(=O)O)=C(C[n+]3cccc4c3ccn4C3CNC3)CSC12)c1nc(N)sc1Cl)C(=O)O. The monoisotopic (exact) mass is 661 g/mol. The van der Waals surface area contributed by atoms with Crippen LogP contribution in [0.15, 0.2) is 47.0 Å². The lowest BCUT2D eigenvalue weighted by molar-refractivity contribution is -0.663. The normalized spacial score (nSPS) is 21.0. The molecule has 0 aromatic carbocycles. The van der Waals surface area contributed by atoms with Crippen molar-refractivity contribution in [3.63, 3.8) is 0 Å². The van der Waals surface area contributed by atoms with Gasteiger partial charge in [-0.05, 0) is 13.0 Å². The number of halogens is 1. The predicted octanol–water partition coefficient (Wildman–Crippen LogP) is 0.398. The minimum atomic E-state index is -1.40. The van der Waals surface area contributed by atoms with E-state index in [1.807, 2.05) is 35.2 Å². The molecule has 3 aromatic rings. The highest BCUT2D eigenvalue weighted by Crippen LogP contribution is 2.40. The molecule has 3 atom stereocenters. The van der Waals surface area contributed by atoms with Crippen LogP contribution in [0.1, 0.15) is 18.7 Å². The zero-order valence-electron chi connectivity index (χ0n) is 23.0. The topological polar surface area (TPSA) is 205 Å². The molecule has 0 aliphatic carbocycles. The van der Waals surface area contributed by atoms with Crippen molar-refractivity contribution in [2.75, 3.05) is 24.6 Å². The third-order valence-electron chi connectivity index (χ3n) is 7.51. The van der Waals surface area contributed by atoms with E-state index < -0.39 is 47.0 Å². The molecule has 0 spiro atoms. The Morgan fingerprint density at radius 3 is 2.75 bits per heavy atom. The highest BCUT2D eigenvalue weighted by atomic mass is 35.5. The van der Waals surface area contributed by atoms with Crippen molar-refractivity contribution >= 4 is 80.3 Å². The van der Waals surface area contributed by atoms with Crippen molar-refractivity contribution in [3.05, 3.63) is 51.9 Å². The van der Waals surface area contributed by atoms with E-state index in [2.05, 4.69) is 25.3 Å². The quantitative estimate of drug-likeness (QED) is 0.0870. The number of carbonyl (C=O) groups is 4. The number of nitrogen functional groups attached to an aromatic ring is 1. The van der Waals surface area contributed by atoms with Gasteiger partial charge in [-0.15, -0.1) is 11.8 Å². The fourth-order valence-corrected chi connectivity index (χ4v) is 7.42. The maximum Gasteiger partial charge on any atom is 0.352 e. The van der Waals surface area contributed by atoms with Crippen molar-refractivity contribution in [2.45, 2.75) is 37.0 Å². The molecule has 15 nitrogen and oxygen atoms in total. The Morgan fingerprint density at radius 1 is 1.34 bits per heavy atom. The summed E-state index contributed by atoms with van der Waals surface area (Å²) >= 11 is 8.35. The third-order valence-corrected chi connectivity index (χ3v) is 9.93. The van der Waals surface area contributed by atoms with Gasteiger partial charge in [0.2, 0.25) is 11.6 Å². The summed E-state index contributed by atoms with van der Waals surface area (Å²) in [6, 6.07) is 5.19. The molecule has 230 valence electrons. The number of carbonyl (C=O) groups excluding carboxylic acids is 2. The molecule has 2 fully saturated rings. The van der Waals surface area contributed by atoms with Crippen molar-refractivity contribution in [1.29, 1.82) is 0 Å². The summed E-state index contributed by atoms with van der Waals surface area (Å²) in [5, 5.41) is 28.1. The van der Waals surface area contributed by atoms with Gasteiger partial charge in [0, 0.05) is 42.7 Å². The van der Waals surface area contributed by atoms with Crippen LogP contribution in [0.25, 0.3) is 11.0 Å². The molecule has 3 aliphatic rings. The average molecular weight is 662 g/mol. The molecule has 2 saturated heterocycles. The minimum Gasteiger partial charge on any atom is -0.478 e. The summed E-state index contributed by atoms with van der Waals surface area (Å²) in [5.74, 6) is -3.83. The number of fused-ring (bicyclic) bond motifs is 2. The van der Waals surface area contributed by atoms with Crippen LogP contribution in [0.5, 0.6) is 0 Å². The van der Waals surface area contributed by atoms with Crippen LogP contribution >= 0.6 is 34.7 Å². The van der Waals surface area contributed by atoms with E-state index in [9.17, 15) is 24.3 Å². The number of amides is 2. The molecule has 3 aromatic heterocycles. The number of thioether (sulfide) groups is 1. The molecule has 0 bridgehead atoms. The summed E-state index contributed by atoms with van der Waals surface area (Å²) < 4.78 is 4.17. The van der Waals surface area contributed by atoms with Crippen molar-refractivity contribution in [2.24, 2.45) is 5.16 Å². The fraction of sp³-hybridized carbons (Fsp3) is 0.346. The Kier molecular flexibility index (Phi) is 7.95. The minimum absolute atomic E-state index is 0.00420. The first-order valence-corrected chi connectivity index (χ1v) is 15.6. The van der Waals surface area contributed by atoms with Crippen molar-refractivity contribution < 1.29 is 38.8 Å². The summed E-state index contributed by atoms with van der Waals surface area (Å²) in [7, 11) is 0. The number of pyridine rings is 1. The lowest BCUT2D eigenvalue weighted by atomic mass is 10.0. The zero-order valence-corrected chi connectivity index (χ0v) is 25.4. The highest BCUT2D eigenvalue weighted by Gasteiger charge is 2.55. The zero-order chi connectivity index (χ0) is 31.3. The largest absolute Gasteiger partial charge is 0.478 e. The number of carboxylic acid groups (broad SMARTS) is 2. The Labute approximate surface area is 262 Å². The molecule has 6 heterocycles. The highest BCUT2D eigenvalue weighted by molar-refractivity contribution is 8.00. The van der Waals surface area contributed by atoms with E-state index >= 15 is 0 Å². The molecule has 2 unspecified atom stereocenters. The van der Waals surface area contributed by atoms with Crippen LogP contribution in [0.3, 0.4) is 0 Å². The number of β-lactam (4-membered cyclic amide) rings is 1. The molecule has 0 radical (unpaired) electrons. The fourth-order valence-electron chi connectivity index (χ4n) is 5.16. The number of nitrogens with zero attached hydrogens (tertiary/aromatic N) is 5. The van der Waals surface area contributed by atoms with E-state index in [0.29, 0.717) is 17.4 Å². The number of oxime groups is 1. The standard InChI is InChI=1S/C26H25ClN8O7S2/c1-11(24(38)39)42-32-17(16-20(27)44-26(28)31-16)21(36)30-18-22(37)35-19(25(40)41)12(10-43-23(18)35)9-33-5-2-3-15-14(33)4-6-34(15)13-7-29-8-13/h2-6,11,13,18,23,29H,7-10H2,1H3,(H4-,28,30,31,36,38,39,40,41)/p+1/t11-,18?,23?/m0/s1. The smallest absolute Gasteiger partial charge is 0.352 e. The van der Waals surface area contributed by atoms with Crippen LogP contribution in [0.4, 0.5) is 5.13 Å². The van der Waals surface area contributed by atoms with Gasteiger partial charge in [-0.2, -0.15) is 4.57 Å². The average Bonchev–Trinajstić information content (AvgIpc) is 3.53. The number of aromatic nitrogens is 3. The second-order valence-corrected chi connectivity index (χ2v) is 13.0. The summed E-state index contributed by atoms with van der Waals surface area (Å²) in [5.41, 5.74) is 7.48. The number of aliphatic carboxylic acids is 2. The molecular formula is C26H26ClN8O7S2+. The van der Waals surface area contributed by atoms with Gasteiger partial charge in [0.05, 0.1) is 6.04 Å². The van der Waals surface area contributed by atoms with Crippen LogP contribution < -0.4 is 20.9 Å². The van der Waals surface area contributed by atoms with Gasteiger partial charge in [0.15, 0.2) is 23.6 Å². The molecule has 6 N–H and O–H groups in total. The molecule has 6 rings (SSSR count).